The van der Waals surface area contributed by atoms with Crippen LogP contribution < -0.4 is 0 Å². The smallest absolute Gasteiger partial charge is 0.240 e. The van der Waals surface area contributed by atoms with Crippen molar-refractivity contribution in [3.8, 4) is 0 Å². The van der Waals surface area contributed by atoms with Gasteiger partial charge in [-0.2, -0.15) is 0 Å². The molecule has 2 saturated heterocycles. The van der Waals surface area contributed by atoms with Crippen LogP contribution in [0.25, 0.3) is 0 Å². The summed E-state index contributed by atoms with van der Waals surface area (Å²) in [5, 5.41) is 9.88. The zero-order chi connectivity index (χ0) is 14.8. The molecule has 0 bridgehead atoms. The molecule has 0 aliphatic carbocycles. The van der Waals surface area contributed by atoms with Gasteiger partial charge in [0.2, 0.25) is 5.91 Å². The second-order valence-electron chi connectivity index (χ2n) is 6.39. The largest absolute Gasteiger partial charge is 0.394 e. The molecular formula is C15H28N2O3. The summed E-state index contributed by atoms with van der Waals surface area (Å²) < 4.78 is 5.42. The van der Waals surface area contributed by atoms with Crippen LogP contribution in [0.1, 0.15) is 39.5 Å². The minimum Gasteiger partial charge on any atom is -0.394 e. The Morgan fingerprint density at radius 1 is 1.45 bits per heavy atom. The van der Waals surface area contributed by atoms with Gasteiger partial charge in [-0.3, -0.25) is 9.69 Å². The number of aliphatic hydroxyl groups excluding tert-OH is 1. The topological polar surface area (TPSA) is 53.0 Å². The summed E-state index contributed by atoms with van der Waals surface area (Å²) in [6.45, 7) is 6.42. The van der Waals surface area contributed by atoms with Gasteiger partial charge in [0.05, 0.1) is 12.6 Å². The number of carbonyl (C=O) groups is 1. The SMILES string of the molecule is CC(C)N1CCC[C@@H](N(C)C2(CO)CCOCC2)C1=O. The van der Waals surface area contributed by atoms with E-state index in [1.807, 2.05) is 11.9 Å². The summed E-state index contributed by atoms with van der Waals surface area (Å²) in [6, 6.07) is 0.148. The predicted molar refractivity (Wildman–Crippen MR) is 77.5 cm³/mol. The molecule has 0 radical (unpaired) electrons. The fourth-order valence-corrected chi connectivity index (χ4v) is 3.46. The summed E-state index contributed by atoms with van der Waals surface area (Å²) in [6.07, 6.45) is 3.52. The van der Waals surface area contributed by atoms with E-state index in [0.717, 1.165) is 32.2 Å². The maximum Gasteiger partial charge on any atom is 0.240 e. The first-order valence-electron chi connectivity index (χ1n) is 7.74. The summed E-state index contributed by atoms with van der Waals surface area (Å²) in [7, 11) is 1.99. The van der Waals surface area contributed by atoms with Crippen molar-refractivity contribution in [2.75, 3.05) is 33.4 Å². The molecule has 0 saturated carbocycles. The molecule has 1 amide bonds. The number of likely N-dealkylation sites (N-methyl/N-ethyl adjacent to an activating group) is 1. The lowest BCUT2D eigenvalue weighted by molar-refractivity contribution is -0.148. The number of piperidine rings is 1. The molecule has 5 heteroatoms. The molecule has 1 N–H and O–H groups in total. The third-order valence-corrected chi connectivity index (χ3v) is 5.00. The van der Waals surface area contributed by atoms with Gasteiger partial charge in [-0.25, -0.2) is 0 Å². The van der Waals surface area contributed by atoms with E-state index in [0.29, 0.717) is 13.2 Å². The second kappa shape index (κ2) is 6.41. The van der Waals surface area contributed by atoms with Crippen molar-refractivity contribution in [2.45, 2.75) is 57.2 Å². The molecule has 0 unspecified atom stereocenters. The van der Waals surface area contributed by atoms with Crippen LogP contribution in [-0.2, 0) is 9.53 Å². The highest BCUT2D eigenvalue weighted by atomic mass is 16.5. The molecule has 0 aromatic rings. The number of amides is 1. The van der Waals surface area contributed by atoms with Crippen molar-refractivity contribution in [1.82, 2.24) is 9.80 Å². The normalized spacial score (nSPS) is 27.4. The molecule has 0 spiro atoms. The molecule has 2 fully saturated rings. The van der Waals surface area contributed by atoms with Crippen LogP contribution in [0.3, 0.4) is 0 Å². The van der Waals surface area contributed by atoms with Gasteiger partial charge in [0, 0.05) is 31.3 Å². The Hall–Kier alpha value is -0.650. The van der Waals surface area contributed by atoms with E-state index in [-0.39, 0.29) is 30.1 Å². The van der Waals surface area contributed by atoms with E-state index in [9.17, 15) is 9.90 Å². The van der Waals surface area contributed by atoms with Crippen LogP contribution in [0.2, 0.25) is 0 Å². The molecule has 20 heavy (non-hydrogen) atoms. The summed E-state index contributed by atoms with van der Waals surface area (Å²) in [5.74, 6) is 0.216. The van der Waals surface area contributed by atoms with Crippen molar-refractivity contribution >= 4 is 5.91 Å². The number of hydrogen-bond donors (Lipinski definition) is 1. The van der Waals surface area contributed by atoms with E-state index >= 15 is 0 Å². The molecule has 2 heterocycles. The molecular weight excluding hydrogens is 256 g/mol. The van der Waals surface area contributed by atoms with Crippen molar-refractivity contribution in [3.05, 3.63) is 0 Å². The lowest BCUT2D eigenvalue weighted by Crippen LogP contribution is -2.62. The molecule has 1 atom stereocenters. The first kappa shape index (κ1) is 15.7. The quantitative estimate of drug-likeness (QED) is 0.832. The molecule has 0 aromatic heterocycles. The van der Waals surface area contributed by atoms with Crippen LogP contribution in [0.15, 0.2) is 0 Å². The van der Waals surface area contributed by atoms with Crippen LogP contribution in [0.4, 0.5) is 0 Å². The number of rotatable bonds is 4. The Balaban J connectivity index is 2.14. The van der Waals surface area contributed by atoms with Gasteiger partial charge in [-0.1, -0.05) is 0 Å². The molecule has 2 aliphatic heterocycles. The fraction of sp³-hybridized carbons (Fsp3) is 0.933. The Labute approximate surface area is 121 Å². The van der Waals surface area contributed by atoms with E-state index < -0.39 is 0 Å². The number of likely N-dealkylation sites (tertiary alicyclic amines) is 1. The van der Waals surface area contributed by atoms with E-state index in [1.165, 1.54) is 0 Å². The highest BCUT2D eigenvalue weighted by Gasteiger charge is 2.43. The zero-order valence-electron chi connectivity index (χ0n) is 13.0. The maximum absolute atomic E-state index is 12.7. The third kappa shape index (κ3) is 2.85. The Morgan fingerprint density at radius 3 is 2.65 bits per heavy atom. The lowest BCUT2D eigenvalue weighted by atomic mass is 9.86. The highest BCUT2D eigenvalue weighted by Crippen LogP contribution is 2.31. The average molecular weight is 284 g/mol. The van der Waals surface area contributed by atoms with Crippen LogP contribution in [-0.4, -0.2) is 71.8 Å². The van der Waals surface area contributed by atoms with E-state index in [1.54, 1.807) is 0 Å². The van der Waals surface area contributed by atoms with Gasteiger partial charge in [-0.05, 0) is 46.6 Å². The monoisotopic (exact) mass is 284 g/mol. The summed E-state index contributed by atoms with van der Waals surface area (Å²) in [4.78, 5) is 16.8. The molecule has 2 aliphatic rings. The second-order valence-corrected chi connectivity index (χ2v) is 6.39. The molecule has 116 valence electrons. The number of nitrogens with zero attached hydrogens (tertiary/aromatic N) is 2. The van der Waals surface area contributed by atoms with Crippen molar-refractivity contribution in [1.29, 1.82) is 0 Å². The number of aliphatic hydroxyl groups is 1. The number of carbonyl (C=O) groups excluding carboxylic acids is 1. The first-order chi connectivity index (χ1) is 9.52. The number of hydrogen-bond acceptors (Lipinski definition) is 4. The highest BCUT2D eigenvalue weighted by molar-refractivity contribution is 5.83. The predicted octanol–water partition coefficient (Wildman–Crippen LogP) is 0.859. The molecule has 2 rings (SSSR count). The zero-order valence-corrected chi connectivity index (χ0v) is 13.0. The van der Waals surface area contributed by atoms with Crippen molar-refractivity contribution in [3.63, 3.8) is 0 Å². The van der Waals surface area contributed by atoms with Gasteiger partial charge in [0.1, 0.15) is 0 Å². The van der Waals surface area contributed by atoms with Gasteiger partial charge in [-0.15, -0.1) is 0 Å². The van der Waals surface area contributed by atoms with Gasteiger partial charge in [0.15, 0.2) is 0 Å². The van der Waals surface area contributed by atoms with Gasteiger partial charge < -0.3 is 14.7 Å². The summed E-state index contributed by atoms with van der Waals surface area (Å²) in [5.41, 5.74) is -0.293. The fourth-order valence-electron chi connectivity index (χ4n) is 3.46. The summed E-state index contributed by atoms with van der Waals surface area (Å²) >= 11 is 0. The molecule has 0 aromatic carbocycles. The van der Waals surface area contributed by atoms with Crippen LogP contribution in [0.5, 0.6) is 0 Å². The Kier molecular flexibility index (Phi) is 5.04. The Bertz CT molecular complexity index is 340. The minimum atomic E-state index is -0.293. The van der Waals surface area contributed by atoms with Crippen LogP contribution in [0, 0.1) is 0 Å². The average Bonchev–Trinajstić information content (AvgIpc) is 2.47. The minimum absolute atomic E-state index is 0.0956. The van der Waals surface area contributed by atoms with Gasteiger partial charge in [0.25, 0.3) is 0 Å². The molecule has 5 nitrogen and oxygen atoms in total. The van der Waals surface area contributed by atoms with Crippen LogP contribution >= 0.6 is 0 Å². The standard InChI is InChI=1S/C15H28N2O3/c1-12(2)17-8-4-5-13(14(17)19)16(3)15(11-18)6-9-20-10-7-15/h12-13,18H,4-11H2,1-3H3/t13-/m1/s1. The first-order valence-corrected chi connectivity index (χ1v) is 7.74. The maximum atomic E-state index is 12.7. The van der Waals surface area contributed by atoms with Crippen molar-refractivity contribution in [2.24, 2.45) is 0 Å². The van der Waals surface area contributed by atoms with Gasteiger partial charge >= 0.3 is 0 Å². The van der Waals surface area contributed by atoms with Crippen molar-refractivity contribution < 1.29 is 14.6 Å². The lowest BCUT2D eigenvalue weighted by Gasteiger charge is -2.49. The van der Waals surface area contributed by atoms with E-state index in [2.05, 4.69) is 18.7 Å². The Morgan fingerprint density at radius 2 is 2.10 bits per heavy atom. The third-order valence-electron chi connectivity index (χ3n) is 5.00. The number of ether oxygens (including phenoxy) is 1. The van der Waals surface area contributed by atoms with E-state index in [4.69, 9.17) is 4.74 Å².